The average molecular weight is 339 g/mol. The number of hydrogen-bond acceptors (Lipinski definition) is 4. The number of alkyl halides is 2. The first-order valence-electron chi connectivity index (χ1n) is 7.03. The van der Waals surface area contributed by atoms with Gasteiger partial charge in [-0.1, -0.05) is 11.6 Å². The molecular formula is C15H13ClF2N4O. The molecule has 0 saturated carbocycles. The van der Waals surface area contributed by atoms with Crippen molar-refractivity contribution in [2.75, 3.05) is 6.61 Å². The highest BCUT2D eigenvalue weighted by Gasteiger charge is 2.34. The number of nitriles is 1. The summed E-state index contributed by atoms with van der Waals surface area (Å²) in [5.74, 6) is -0.395. The van der Waals surface area contributed by atoms with Crippen LogP contribution in [0.15, 0.2) is 18.2 Å². The summed E-state index contributed by atoms with van der Waals surface area (Å²) in [6, 6.07) is 6.87. The molecule has 1 saturated heterocycles. The van der Waals surface area contributed by atoms with Crippen molar-refractivity contribution >= 4 is 11.6 Å². The van der Waals surface area contributed by atoms with E-state index in [4.69, 9.17) is 21.6 Å². The van der Waals surface area contributed by atoms with Crippen LogP contribution in [0.25, 0.3) is 5.82 Å². The number of aryl methyl sites for hydroxylation is 1. The van der Waals surface area contributed by atoms with Gasteiger partial charge in [0.25, 0.3) is 0 Å². The van der Waals surface area contributed by atoms with Crippen LogP contribution in [0.3, 0.4) is 0 Å². The van der Waals surface area contributed by atoms with Crippen molar-refractivity contribution in [3.8, 4) is 11.9 Å². The highest BCUT2D eigenvalue weighted by Crippen LogP contribution is 2.37. The molecule has 0 radical (unpaired) electrons. The molecule has 23 heavy (non-hydrogen) atoms. The van der Waals surface area contributed by atoms with Crippen molar-refractivity contribution in [1.82, 2.24) is 14.8 Å². The Hall–Kier alpha value is -2.04. The predicted octanol–water partition coefficient (Wildman–Crippen LogP) is 3.44. The lowest BCUT2D eigenvalue weighted by molar-refractivity contribution is 0.0579. The third-order valence-corrected chi connectivity index (χ3v) is 4.02. The van der Waals surface area contributed by atoms with Gasteiger partial charge in [0.2, 0.25) is 6.43 Å². The zero-order valence-corrected chi connectivity index (χ0v) is 13.0. The Bertz CT molecular complexity index is 771. The second-order valence-corrected chi connectivity index (χ2v) is 5.78. The lowest BCUT2D eigenvalue weighted by Gasteiger charge is -2.15. The number of hydrogen-bond donors (Lipinski definition) is 0. The Morgan fingerprint density at radius 1 is 1.48 bits per heavy atom. The largest absolute Gasteiger partial charge is 0.373 e. The number of ether oxygens (including phenoxy) is 1. The van der Waals surface area contributed by atoms with Gasteiger partial charge in [0.1, 0.15) is 11.2 Å². The molecule has 5 nitrogen and oxygen atoms in total. The summed E-state index contributed by atoms with van der Waals surface area (Å²) in [6.07, 6.45) is -2.71. The SMILES string of the molecule is Cc1cc(C#N)nn1-c1nc(Cl)ccc1[C@@H]1C[C@@H](C(F)F)CO1. The van der Waals surface area contributed by atoms with E-state index in [1.54, 1.807) is 25.1 Å². The van der Waals surface area contributed by atoms with E-state index in [1.165, 1.54) is 4.68 Å². The minimum Gasteiger partial charge on any atom is -0.373 e. The van der Waals surface area contributed by atoms with Gasteiger partial charge in [0.05, 0.1) is 12.7 Å². The van der Waals surface area contributed by atoms with E-state index >= 15 is 0 Å². The van der Waals surface area contributed by atoms with E-state index < -0.39 is 18.4 Å². The van der Waals surface area contributed by atoms with Crippen molar-refractivity contribution in [2.45, 2.75) is 25.9 Å². The Morgan fingerprint density at radius 3 is 2.87 bits per heavy atom. The van der Waals surface area contributed by atoms with Crippen LogP contribution < -0.4 is 0 Å². The van der Waals surface area contributed by atoms with E-state index in [2.05, 4.69) is 10.1 Å². The summed E-state index contributed by atoms with van der Waals surface area (Å²) in [5.41, 5.74) is 1.57. The normalized spacial score (nSPS) is 20.9. The molecule has 3 heterocycles. The molecule has 3 rings (SSSR count). The fraction of sp³-hybridized carbons (Fsp3) is 0.400. The van der Waals surface area contributed by atoms with Crippen LogP contribution in [0.5, 0.6) is 0 Å². The van der Waals surface area contributed by atoms with Gasteiger partial charge in [-0.2, -0.15) is 10.4 Å². The van der Waals surface area contributed by atoms with Gasteiger partial charge < -0.3 is 4.74 Å². The molecule has 0 aromatic carbocycles. The first-order valence-corrected chi connectivity index (χ1v) is 7.40. The first-order chi connectivity index (χ1) is 11.0. The van der Waals surface area contributed by atoms with E-state index in [0.29, 0.717) is 17.1 Å². The molecule has 2 aromatic heterocycles. The Balaban J connectivity index is 2.02. The molecule has 0 spiro atoms. The van der Waals surface area contributed by atoms with Crippen LogP contribution in [0.1, 0.15) is 29.5 Å². The van der Waals surface area contributed by atoms with Gasteiger partial charge in [-0.15, -0.1) is 0 Å². The zero-order valence-electron chi connectivity index (χ0n) is 12.2. The minimum absolute atomic E-state index is 0.00589. The molecule has 0 bridgehead atoms. The summed E-state index contributed by atoms with van der Waals surface area (Å²) in [4.78, 5) is 4.26. The average Bonchev–Trinajstić information content (AvgIpc) is 3.13. The molecule has 0 amide bonds. The maximum absolute atomic E-state index is 12.9. The number of pyridine rings is 1. The molecule has 0 aliphatic carbocycles. The standard InChI is InChI=1S/C15H13ClF2N4O/c1-8-4-10(6-19)21-22(8)15-11(2-3-13(16)20-15)12-5-9(7-23-12)14(17)18/h2-4,9,12,14H,5,7H2,1H3/t9-,12+/m1/s1. The topological polar surface area (TPSA) is 63.7 Å². The van der Waals surface area contributed by atoms with Crippen molar-refractivity contribution < 1.29 is 13.5 Å². The van der Waals surface area contributed by atoms with E-state index in [0.717, 1.165) is 0 Å². The smallest absolute Gasteiger partial charge is 0.243 e. The number of aromatic nitrogens is 3. The third-order valence-electron chi connectivity index (χ3n) is 3.81. The lowest BCUT2D eigenvalue weighted by Crippen LogP contribution is -2.11. The number of nitrogens with zero attached hydrogens (tertiary/aromatic N) is 4. The van der Waals surface area contributed by atoms with Crippen molar-refractivity contribution in [3.63, 3.8) is 0 Å². The van der Waals surface area contributed by atoms with Crippen molar-refractivity contribution in [3.05, 3.63) is 40.3 Å². The molecule has 1 aliphatic rings. The summed E-state index contributed by atoms with van der Waals surface area (Å²) in [5, 5.41) is 13.4. The zero-order chi connectivity index (χ0) is 16.6. The van der Waals surface area contributed by atoms with Gasteiger partial charge in [-0.25, -0.2) is 18.4 Å². The van der Waals surface area contributed by atoms with Gasteiger partial charge in [0, 0.05) is 17.2 Å². The van der Waals surface area contributed by atoms with Crippen LogP contribution in [0.2, 0.25) is 5.15 Å². The molecule has 120 valence electrons. The van der Waals surface area contributed by atoms with Crippen LogP contribution in [0.4, 0.5) is 8.78 Å². The van der Waals surface area contributed by atoms with Gasteiger partial charge in [-0.3, -0.25) is 0 Å². The molecule has 1 aliphatic heterocycles. The van der Waals surface area contributed by atoms with E-state index in [1.807, 2.05) is 6.07 Å². The summed E-state index contributed by atoms with van der Waals surface area (Å²) in [7, 11) is 0. The lowest BCUT2D eigenvalue weighted by atomic mass is 10.0. The Labute approximate surface area is 136 Å². The summed E-state index contributed by atoms with van der Waals surface area (Å²) < 4.78 is 32.7. The third kappa shape index (κ3) is 3.05. The molecule has 8 heteroatoms. The second-order valence-electron chi connectivity index (χ2n) is 5.39. The molecule has 2 atom stereocenters. The highest BCUT2D eigenvalue weighted by molar-refractivity contribution is 6.29. The summed E-state index contributed by atoms with van der Waals surface area (Å²) >= 11 is 5.97. The maximum atomic E-state index is 12.9. The Kier molecular flexibility index (Phi) is 4.28. The molecular weight excluding hydrogens is 326 g/mol. The summed E-state index contributed by atoms with van der Waals surface area (Å²) in [6.45, 7) is 1.78. The molecule has 0 N–H and O–H groups in total. The van der Waals surface area contributed by atoms with Crippen LogP contribution in [0, 0.1) is 24.2 Å². The fourth-order valence-electron chi connectivity index (χ4n) is 2.64. The van der Waals surface area contributed by atoms with Crippen molar-refractivity contribution in [1.29, 1.82) is 5.26 Å². The van der Waals surface area contributed by atoms with Crippen LogP contribution in [-0.4, -0.2) is 27.8 Å². The van der Waals surface area contributed by atoms with E-state index in [9.17, 15) is 8.78 Å². The predicted molar refractivity (Wildman–Crippen MR) is 78.6 cm³/mol. The maximum Gasteiger partial charge on any atom is 0.243 e. The Morgan fingerprint density at radius 2 is 2.26 bits per heavy atom. The van der Waals surface area contributed by atoms with Crippen LogP contribution in [-0.2, 0) is 4.74 Å². The highest BCUT2D eigenvalue weighted by atomic mass is 35.5. The number of halogens is 3. The molecule has 2 aromatic rings. The van der Waals surface area contributed by atoms with E-state index in [-0.39, 0.29) is 23.9 Å². The molecule has 1 fully saturated rings. The quantitative estimate of drug-likeness (QED) is 0.804. The van der Waals surface area contributed by atoms with Gasteiger partial charge >= 0.3 is 0 Å². The monoisotopic (exact) mass is 338 g/mol. The van der Waals surface area contributed by atoms with Crippen LogP contribution >= 0.6 is 11.6 Å². The second kappa shape index (κ2) is 6.22. The fourth-order valence-corrected chi connectivity index (χ4v) is 2.79. The molecule has 0 unspecified atom stereocenters. The minimum atomic E-state index is -2.42. The van der Waals surface area contributed by atoms with Gasteiger partial charge in [0.15, 0.2) is 11.5 Å². The van der Waals surface area contributed by atoms with Crippen molar-refractivity contribution in [2.24, 2.45) is 5.92 Å². The number of rotatable bonds is 3. The first kappa shape index (κ1) is 15.8. The van der Waals surface area contributed by atoms with Gasteiger partial charge in [-0.05, 0) is 31.5 Å².